The maximum Gasteiger partial charge on any atom is 0.282 e. The van der Waals surface area contributed by atoms with Crippen LogP contribution in [0.2, 0.25) is 0 Å². The minimum absolute atomic E-state index is 0.0541. The van der Waals surface area contributed by atoms with Crippen LogP contribution in [-0.4, -0.2) is 19.9 Å². The van der Waals surface area contributed by atoms with E-state index in [0.29, 0.717) is 5.92 Å². The zero-order chi connectivity index (χ0) is 15.6. The number of carbonyl (C=O) groups excluding carboxylic acids is 1. The Morgan fingerprint density at radius 1 is 1.10 bits per heavy atom. The number of hydrogen-bond donors (Lipinski definition) is 0. The van der Waals surface area contributed by atoms with Gasteiger partial charge in [0.25, 0.3) is 10.0 Å². The number of carbonyl (C=O) groups is 1. The van der Waals surface area contributed by atoms with E-state index in [9.17, 15) is 13.2 Å². The summed E-state index contributed by atoms with van der Waals surface area (Å²) in [6.07, 6.45) is 3.76. The topological polar surface area (TPSA) is 63.6 Å². The summed E-state index contributed by atoms with van der Waals surface area (Å²) in [4.78, 5) is 11.3. The first-order valence-corrected chi connectivity index (χ1v) is 8.16. The molecule has 0 saturated heterocycles. The molecule has 0 amide bonds. The lowest BCUT2D eigenvalue weighted by Crippen LogP contribution is -2.07. The molecule has 0 aliphatic heterocycles. The van der Waals surface area contributed by atoms with Gasteiger partial charge < -0.3 is 0 Å². The second kappa shape index (κ2) is 5.95. The fourth-order valence-corrected chi connectivity index (χ4v) is 2.91. The first-order valence-electron chi connectivity index (χ1n) is 6.34. The summed E-state index contributed by atoms with van der Waals surface area (Å²) < 4.78 is 28.1. The van der Waals surface area contributed by atoms with E-state index in [-0.39, 0.29) is 21.4 Å². The molecular weight excluding hydrogens is 310 g/mol. The summed E-state index contributed by atoms with van der Waals surface area (Å²) in [7, 11) is -3.82. The smallest absolute Gasteiger partial charge is 0.282 e. The monoisotopic (exact) mass is 323 g/mol. The highest BCUT2D eigenvalue weighted by Gasteiger charge is 2.16. The number of sulfonamides is 1. The summed E-state index contributed by atoms with van der Waals surface area (Å²) in [5.74, 6) is -0.0450. The Morgan fingerprint density at radius 3 is 2.24 bits per heavy atom. The molecule has 0 spiro atoms. The van der Waals surface area contributed by atoms with Crippen molar-refractivity contribution in [2.75, 3.05) is 0 Å². The Bertz CT molecular complexity index is 757. The van der Waals surface area contributed by atoms with Crippen LogP contribution in [0.4, 0.5) is 0 Å². The fourth-order valence-electron chi connectivity index (χ4n) is 1.76. The third-order valence-corrected chi connectivity index (χ3v) is 4.60. The molecule has 0 radical (unpaired) electrons. The molecule has 1 aliphatic carbocycles. The van der Waals surface area contributed by atoms with E-state index in [1.807, 2.05) is 13.8 Å². The van der Waals surface area contributed by atoms with Gasteiger partial charge in [-0.05, 0) is 41.8 Å². The SMILES string of the molecule is CC(C)c1ccc(S(=O)(=O)N=C2C=CC(=O)C(Cl)=C2)cc1. The van der Waals surface area contributed by atoms with E-state index in [1.165, 1.54) is 30.4 Å². The normalized spacial score (nSPS) is 17.4. The quantitative estimate of drug-likeness (QED) is 0.802. The van der Waals surface area contributed by atoms with E-state index in [0.717, 1.165) is 5.56 Å². The number of rotatable bonds is 3. The van der Waals surface area contributed by atoms with Crippen molar-refractivity contribution in [1.82, 2.24) is 0 Å². The molecule has 0 fully saturated rings. The number of halogens is 1. The molecule has 1 aliphatic rings. The molecule has 0 bridgehead atoms. The lowest BCUT2D eigenvalue weighted by Gasteiger charge is -2.06. The largest absolute Gasteiger partial charge is 0.288 e. The van der Waals surface area contributed by atoms with E-state index < -0.39 is 10.0 Å². The predicted molar refractivity (Wildman–Crippen MR) is 83.2 cm³/mol. The lowest BCUT2D eigenvalue weighted by molar-refractivity contribution is -0.110. The predicted octanol–water partition coefficient (Wildman–Crippen LogP) is 3.20. The van der Waals surface area contributed by atoms with Crippen molar-refractivity contribution in [3.8, 4) is 0 Å². The van der Waals surface area contributed by atoms with Gasteiger partial charge in [0, 0.05) is 0 Å². The van der Waals surface area contributed by atoms with Crippen molar-refractivity contribution in [3.05, 3.63) is 53.1 Å². The molecule has 0 heterocycles. The number of benzene rings is 1. The minimum atomic E-state index is -3.82. The number of hydrogen-bond acceptors (Lipinski definition) is 3. The van der Waals surface area contributed by atoms with Crippen molar-refractivity contribution in [1.29, 1.82) is 0 Å². The van der Waals surface area contributed by atoms with Crippen LogP contribution in [-0.2, 0) is 14.8 Å². The van der Waals surface area contributed by atoms with Crippen LogP contribution in [0, 0.1) is 0 Å². The maximum absolute atomic E-state index is 12.2. The van der Waals surface area contributed by atoms with Crippen molar-refractivity contribution >= 4 is 33.1 Å². The van der Waals surface area contributed by atoms with Gasteiger partial charge in [0.05, 0.1) is 15.6 Å². The van der Waals surface area contributed by atoms with Crippen LogP contribution < -0.4 is 0 Å². The molecule has 1 aromatic carbocycles. The molecule has 2 rings (SSSR count). The van der Waals surface area contributed by atoms with Crippen molar-refractivity contribution < 1.29 is 13.2 Å². The zero-order valence-corrected chi connectivity index (χ0v) is 13.1. The van der Waals surface area contributed by atoms with Crippen LogP contribution in [0.5, 0.6) is 0 Å². The van der Waals surface area contributed by atoms with Crippen molar-refractivity contribution in [2.24, 2.45) is 4.40 Å². The van der Waals surface area contributed by atoms with Gasteiger partial charge in [-0.1, -0.05) is 37.6 Å². The second-order valence-corrected chi connectivity index (χ2v) is 6.92. The molecule has 21 heavy (non-hydrogen) atoms. The van der Waals surface area contributed by atoms with Gasteiger partial charge in [0.15, 0.2) is 5.78 Å². The molecule has 110 valence electrons. The highest BCUT2D eigenvalue weighted by atomic mass is 35.5. The highest BCUT2D eigenvalue weighted by molar-refractivity contribution is 7.90. The summed E-state index contributed by atoms with van der Waals surface area (Å²) in [5, 5.41) is -0.0541. The first kappa shape index (κ1) is 15.7. The van der Waals surface area contributed by atoms with Crippen LogP contribution >= 0.6 is 11.6 Å². The van der Waals surface area contributed by atoms with Gasteiger partial charge in [-0.2, -0.15) is 12.8 Å². The summed E-state index contributed by atoms with van der Waals surface area (Å²) in [6, 6.07) is 6.58. The molecule has 4 nitrogen and oxygen atoms in total. The van der Waals surface area contributed by atoms with Crippen molar-refractivity contribution in [3.63, 3.8) is 0 Å². The van der Waals surface area contributed by atoms with Gasteiger partial charge in [0.2, 0.25) is 0 Å². The third kappa shape index (κ3) is 3.68. The highest BCUT2D eigenvalue weighted by Crippen LogP contribution is 2.20. The molecule has 6 heteroatoms. The van der Waals surface area contributed by atoms with E-state index in [2.05, 4.69) is 4.40 Å². The average Bonchev–Trinajstić information content (AvgIpc) is 2.43. The van der Waals surface area contributed by atoms with Crippen molar-refractivity contribution in [2.45, 2.75) is 24.7 Å². The molecule has 0 atom stereocenters. The van der Waals surface area contributed by atoms with Gasteiger partial charge in [-0.15, -0.1) is 0 Å². The summed E-state index contributed by atoms with van der Waals surface area (Å²) in [5.41, 5.74) is 1.18. The third-order valence-electron chi connectivity index (χ3n) is 2.99. The Balaban J connectivity index is 2.35. The standard InChI is InChI=1S/C15H14ClNO3S/c1-10(2)11-3-6-13(7-4-11)21(19,20)17-12-5-8-15(18)14(16)9-12/h3-10H,1-2H3. The maximum atomic E-state index is 12.2. The summed E-state index contributed by atoms with van der Waals surface area (Å²) >= 11 is 5.68. The van der Waals surface area contributed by atoms with E-state index in [4.69, 9.17) is 11.6 Å². The minimum Gasteiger partial charge on any atom is -0.288 e. The molecule has 0 N–H and O–H groups in total. The molecule has 0 unspecified atom stereocenters. The second-order valence-electron chi connectivity index (χ2n) is 4.90. The molecule has 0 aromatic heterocycles. The molecule has 0 saturated carbocycles. The zero-order valence-electron chi connectivity index (χ0n) is 11.6. The van der Waals surface area contributed by atoms with Gasteiger partial charge in [0.1, 0.15) is 0 Å². The Kier molecular flexibility index (Phi) is 4.44. The Labute approximate surface area is 128 Å². The fraction of sp³-hybridized carbons (Fsp3) is 0.200. The van der Waals surface area contributed by atoms with Gasteiger partial charge in [-0.3, -0.25) is 4.79 Å². The number of nitrogens with zero attached hydrogens (tertiary/aromatic N) is 1. The van der Waals surface area contributed by atoms with Crippen LogP contribution in [0.1, 0.15) is 25.3 Å². The Morgan fingerprint density at radius 2 is 1.71 bits per heavy atom. The van der Waals surface area contributed by atoms with Crippen LogP contribution in [0.3, 0.4) is 0 Å². The van der Waals surface area contributed by atoms with E-state index >= 15 is 0 Å². The van der Waals surface area contributed by atoms with E-state index in [1.54, 1.807) is 12.1 Å². The number of allylic oxidation sites excluding steroid dienone is 4. The first-order chi connectivity index (χ1) is 9.79. The average molecular weight is 324 g/mol. The lowest BCUT2D eigenvalue weighted by atomic mass is 10.0. The summed E-state index contributed by atoms with van der Waals surface area (Å²) in [6.45, 7) is 4.06. The Hall–Kier alpha value is -1.72. The molecule has 1 aromatic rings. The van der Waals surface area contributed by atoms with Gasteiger partial charge >= 0.3 is 0 Å². The molecular formula is C15H14ClNO3S. The van der Waals surface area contributed by atoms with Crippen LogP contribution in [0.25, 0.3) is 0 Å². The van der Waals surface area contributed by atoms with Crippen LogP contribution in [0.15, 0.2) is 56.8 Å². The number of ketones is 1. The van der Waals surface area contributed by atoms with Gasteiger partial charge in [-0.25, -0.2) is 0 Å².